The van der Waals surface area contributed by atoms with Crippen LogP contribution in [-0.4, -0.2) is 12.6 Å². The molecule has 0 bridgehead atoms. The molecular formula is C19H19IO2. The molecule has 2 atom stereocenters. The highest BCUT2D eigenvalue weighted by Crippen LogP contribution is 2.30. The molecule has 2 aromatic rings. The van der Waals surface area contributed by atoms with Crippen LogP contribution in [0.4, 0.5) is 0 Å². The quantitative estimate of drug-likeness (QED) is 0.563. The number of carbonyl (C=O) groups is 1. The second-order valence-corrected chi connectivity index (χ2v) is 7.20. The van der Waals surface area contributed by atoms with E-state index in [1.165, 1.54) is 20.3 Å². The molecule has 114 valence electrons. The number of benzene rings is 2. The zero-order valence-corrected chi connectivity index (χ0v) is 14.7. The van der Waals surface area contributed by atoms with Crippen LogP contribution in [0.15, 0.2) is 48.5 Å². The molecule has 1 heterocycles. The number of hydrogen-bond acceptors (Lipinski definition) is 2. The Kier molecular flexibility index (Phi) is 4.81. The van der Waals surface area contributed by atoms with Crippen LogP contribution in [0.2, 0.25) is 0 Å². The molecule has 3 rings (SSSR count). The molecule has 0 N–H and O–H groups in total. The van der Waals surface area contributed by atoms with Gasteiger partial charge in [0.05, 0.1) is 12.5 Å². The van der Waals surface area contributed by atoms with Crippen molar-refractivity contribution in [1.29, 1.82) is 0 Å². The van der Waals surface area contributed by atoms with Gasteiger partial charge in [0.25, 0.3) is 0 Å². The monoisotopic (exact) mass is 406 g/mol. The van der Waals surface area contributed by atoms with Crippen molar-refractivity contribution in [2.75, 3.05) is 6.61 Å². The average molecular weight is 406 g/mol. The fourth-order valence-corrected chi connectivity index (χ4v) is 3.41. The Balaban J connectivity index is 1.75. The second-order valence-electron chi connectivity index (χ2n) is 5.96. The molecule has 0 aromatic heterocycles. The number of aryl methyl sites for hydroxylation is 1. The predicted molar refractivity (Wildman–Crippen MR) is 95.7 cm³/mol. The molecule has 3 heteroatoms. The summed E-state index contributed by atoms with van der Waals surface area (Å²) in [5, 5.41) is 0. The van der Waals surface area contributed by atoms with E-state index in [0.717, 1.165) is 12.8 Å². The number of esters is 1. The van der Waals surface area contributed by atoms with Crippen molar-refractivity contribution < 1.29 is 9.53 Å². The van der Waals surface area contributed by atoms with Crippen molar-refractivity contribution in [2.24, 2.45) is 11.8 Å². The summed E-state index contributed by atoms with van der Waals surface area (Å²) in [5.41, 5.74) is 3.81. The molecule has 1 fully saturated rings. The van der Waals surface area contributed by atoms with E-state index in [-0.39, 0.29) is 17.8 Å². The molecule has 1 aliphatic rings. The molecular weight excluding hydrogens is 387 g/mol. The normalized spacial score (nSPS) is 20.9. The third-order valence-corrected chi connectivity index (χ3v) is 5.14. The van der Waals surface area contributed by atoms with Crippen molar-refractivity contribution >= 4 is 28.6 Å². The van der Waals surface area contributed by atoms with Crippen LogP contribution in [0.25, 0.3) is 0 Å². The number of halogens is 1. The lowest BCUT2D eigenvalue weighted by Crippen LogP contribution is -2.21. The van der Waals surface area contributed by atoms with Gasteiger partial charge in [-0.3, -0.25) is 4.79 Å². The molecule has 1 aliphatic heterocycles. The highest BCUT2D eigenvalue weighted by atomic mass is 127. The highest BCUT2D eigenvalue weighted by molar-refractivity contribution is 14.1. The zero-order valence-electron chi connectivity index (χ0n) is 12.6. The summed E-state index contributed by atoms with van der Waals surface area (Å²) >= 11 is 2.30. The Hall–Kier alpha value is -1.36. The molecule has 0 amide bonds. The average Bonchev–Trinajstić information content (AvgIpc) is 2.85. The number of carbonyl (C=O) groups excluding carboxylic acids is 1. The highest BCUT2D eigenvalue weighted by Gasteiger charge is 2.36. The standard InChI is InChI=1S/C19H19IO2/c1-13-4-2-3-5-15(13)11-16-12-22-19(21)18(16)10-14-6-8-17(20)9-7-14/h2-9,16,18H,10-12H2,1H3/t16-,18+/m0/s1. The van der Waals surface area contributed by atoms with Crippen LogP contribution < -0.4 is 0 Å². The Labute approximate surface area is 145 Å². The summed E-state index contributed by atoms with van der Waals surface area (Å²) in [6, 6.07) is 16.8. The van der Waals surface area contributed by atoms with Gasteiger partial charge in [-0.2, -0.15) is 0 Å². The first-order chi connectivity index (χ1) is 10.6. The van der Waals surface area contributed by atoms with Crippen molar-refractivity contribution in [1.82, 2.24) is 0 Å². The van der Waals surface area contributed by atoms with Crippen LogP contribution in [0.3, 0.4) is 0 Å². The van der Waals surface area contributed by atoms with Gasteiger partial charge in [-0.25, -0.2) is 0 Å². The van der Waals surface area contributed by atoms with Crippen LogP contribution >= 0.6 is 22.6 Å². The molecule has 22 heavy (non-hydrogen) atoms. The van der Waals surface area contributed by atoms with Gasteiger partial charge in [-0.05, 0) is 71.2 Å². The van der Waals surface area contributed by atoms with Gasteiger partial charge in [0, 0.05) is 9.49 Å². The van der Waals surface area contributed by atoms with Crippen LogP contribution in [0.5, 0.6) is 0 Å². The van der Waals surface area contributed by atoms with E-state index in [2.05, 4.69) is 78.0 Å². The van der Waals surface area contributed by atoms with Gasteiger partial charge in [-0.15, -0.1) is 0 Å². The zero-order chi connectivity index (χ0) is 15.5. The van der Waals surface area contributed by atoms with Gasteiger partial charge in [0.2, 0.25) is 0 Å². The van der Waals surface area contributed by atoms with E-state index >= 15 is 0 Å². The van der Waals surface area contributed by atoms with Crippen LogP contribution in [0, 0.1) is 22.3 Å². The lowest BCUT2D eigenvalue weighted by molar-refractivity contribution is -0.141. The van der Waals surface area contributed by atoms with Crippen molar-refractivity contribution in [3.8, 4) is 0 Å². The van der Waals surface area contributed by atoms with Gasteiger partial charge >= 0.3 is 5.97 Å². The van der Waals surface area contributed by atoms with Gasteiger partial charge in [0.1, 0.15) is 0 Å². The molecule has 0 aliphatic carbocycles. The minimum atomic E-state index is -0.0443. The SMILES string of the molecule is Cc1ccccc1C[C@H]1COC(=O)[C@@H]1Cc1ccc(I)cc1. The lowest BCUT2D eigenvalue weighted by Gasteiger charge is -2.16. The fraction of sp³-hybridized carbons (Fsp3) is 0.316. The summed E-state index contributed by atoms with van der Waals surface area (Å²) in [6.45, 7) is 2.67. The predicted octanol–water partition coefficient (Wildman–Crippen LogP) is 4.17. The van der Waals surface area contributed by atoms with E-state index in [0.29, 0.717) is 6.61 Å². The molecule has 0 saturated carbocycles. The number of rotatable bonds is 4. The van der Waals surface area contributed by atoms with E-state index < -0.39 is 0 Å². The lowest BCUT2D eigenvalue weighted by atomic mass is 9.84. The number of cyclic esters (lactones) is 1. The van der Waals surface area contributed by atoms with E-state index in [1.807, 2.05) is 0 Å². The molecule has 1 saturated heterocycles. The van der Waals surface area contributed by atoms with E-state index in [1.54, 1.807) is 0 Å². The van der Waals surface area contributed by atoms with Crippen molar-refractivity contribution in [3.63, 3.8) is 0 Å². The van der Waals surface area contributed by atoms with Gasteiger partial charge in [0.15, 0.2) is 0 Å². The van der Waals surface area contributed by atoms with Crippen molar-refractivity contribution in [3.05, 3.63) is 68.8 Å². The Morgan fingerprint density at radius 1 is 1.09 bits per heavy atom. The number of ether oxygens (including phenoxy) is 1. The molecule has 0 spiro atoms. The maximum atomic E-state index is 12.1. The first kappa shape index (κ1) is 15.5. The molecule has 2 aromatic carbocycles. The van der Waals surface area contributed by atoms with Crippen LogP contribution in [-0.2, 0) is 22.4 Å². The summed E-state index contributed by atoms with van der Waals surface area (Å²) in [5.74, 6) is 0.199. The summed E-state index contributed by atoms with van der Waals surface area (Å²) < 4.78 is 6.56. The van der Waals surface area contributed by atoms with E-state index in [4.69, 9.17) is 4.74 Å². The van der Waals surface area contributed by atoms with Gasteiger partial charge in [-0.1, -0.05) is 36.4 Å². The van der Waals surface area contributed by atoms with Crippen molar-refractivity contribution in [2.45, 2.75) is 19.8 Å². The maximum absolute atomic E-state index is 12.1. The fourth-order valence-electron chi connectivity index (χ4n) is 3.05. The minimum absolute atomic E-state index is 0.0281. The Morgan fingerprint density at radius 2 is 1.82 bits per heavy atom. The summed E-state index contributed by atoms with van der Waals surface area (Å²) in [4.78, 5) is 12.1. The van der Waals surface area contributed by atoms with Crippen LogP contribution in [0.1, 0.15) is 16.7 Å². The number of hydrogen-bond donors (Lipinski definition) is 0. The molecule has 0 unspecified atom stereocenters. The third kappa shape index (κ3) is 3.51. The summed E-state index contributed by atoms with van der Waals surface area (Å²) in [7, 11) is 0. The first-order valence-corrected chi connectivity index (χ1v) is 8.67. The smallest absolute Gasteiger partial charge is 0.309 e. The summed E-state index contributed by atoms with van der Waals surface area (Å²) in [6.07, 6.45) is 1.68. The third-order valence-electron chi connectivity index (χ3n) is 4.42. The Bertz CT molecular complexity index is 663. The maximum Gasteiger partial charge on any atom is 0.309 e. The largest absolute Gasteiger partial charge is 0.465 e. The minimum Gasteiger partial charge on any atom is -0.465 e. The molecule has 0 radical (unpaired) electrons. The topological polar surface area (TPSA) is 26.3 Å². The first-order valence-electron chi connectivity index (χ1n) is 7.59. The molecule has 2 nitrogen and oxygen atoms in total. The van der Waals surface area contributed by atoms with E-state index in [9.17, 15) is 4.79 Å². The van der Waals surface area contributed by atoms with Gasteiger partial charge < -0.3 is 4.74 Å². The second kappa shape index (κ2) is 6.82. The Morgan fingerprint density at radius 3 is 2.55 bits per heavy atom.